The molecule has 0 atom stereocenters. The van der Waals surface area contributed by atoms with Crippen molar-refractivity contribution in [2.75, 3.05) is 0 Å². The minimum Gasteiger partial charge on any atom is -0.309 e. The van der Waals surface area contributed by atoms with E-state index in [-0.39, 0.29) is 0 Å². The van der Waals surface area contributed by atoms with E-state index in [0.29, 0.717) is 0 Å². The smallest absolute Gasteiger partial charge is 0.101 e. The van der Waals surface area contributed by atoms with Crippen LogP contribution in [0.4, 0.5) is 0 Å². The summed E-state index contributed by atoms with van der Waals surface area (Å²) in [5.74, 6) is 0. The molecule has 4 heteroatoms. The molecule has 0 bridgehead atoms. The number of nitrogens with zero attached hydrogens (tertiary/aromatic N) is 4. The maximum atomic E-state index is 5.42. The van der Waals surface area contributed by atoms with Crippen molar-refractivity contribution in [2.45, 2.75) is 0 Å². The first kappa shape index (κ1) is 39.3. The van der Waals surface area contributed by atoms with Gasteiger partial charge < -0.3 is 4.57 Å². The highest BCUT2D eigenvalue weighted by molar-refractivity contribution is 6.10. The molecule has 0 amide bonds. The zero-order chi connectivity index (χ0) is 45.0. The van der Waals surface area contributed by atoms with Crippen LogP contribution in [0.1, 0.15) is 0 Å². The average molecular weight is 867 g/mol. The van der Waals surface area contributed by atoms with Gasteiger partial charge in [0.1, 0.15) is 5.69 Å². The fourth-order valence-electron chi connectivity index (χ4n) is 10.1. The minimum absolute atomic E-state index is 0.925. The molecular weight excluding hydrogens is 825 g/mol. The molecule has 0 aliphatic carbocycles. The number of hydrogen-bond donors (Lipinski definition) is 0. The second-order valence-corrected chi connectivity index (χ2v) is 17.4. The van der Waals surface area contributed by atoms with Crippen molar-refractivity contribution >= 4 is 38.1 Å². The maximum absolute atomic E-state index is 5.42. The third-order valence-electron chi connectivity index (χ3n) is 13.3. The molecule has 0 radical (unpaired) electrons. The Hall–Kier alpha value is -9.12. The Morgan fingerprint density at radius 3 is 1.43 bits per heavy atom. The highest BCUT2D eigenvalue weighted by Gasteiger charge is 2.22. The van der Waals surface area contributed by atoms with E-state index in [1.165, 1.54) is 21.8 Å². The molecule has 0 unspecified atom stereocenters. The van der Waals surface area contributed by atoms with E-state index in [2.05, 4.69) is 264 Å². The van der Waals surface area contributed by atoms with Gasteiger partial charge >= 0.3 is 0 Å². The normalized spacial score (nSPS) is 11.5. The minimum atomic E-state index is 0.925. The number of fused-ring (bicyclic) bond motifs is 6. The quantitative estimate of drug-likeness (QED) is 0.153. The summed E-state index contributed by atoms with van der Waals surface area (Å²) in [6.45, 7) is 0. The maximum Gasteiger partial charge on any atom is 0.101 e. The lowest BCUT2D eigenvalue weighted by atomic mass is 9.94. The van der Waals surface area contributed by atoms with Crippen molar-refractivity contribution in [1.29, 1.82) is 0 Å². The Labute approximate surface area is 394 Å². The van der Waals surface area contributed by atoms with Crippen molar-refractivity contribution in [3.05, 3.63) is 255 Å². The monoisotopic (exact) mass is 866 g/mol. The van der Waals surface area contributed by atoms with Crippen LogP contribution in [-0.4, -0.2) is 19.2 Å². The van der Waals surface area contributed by atoms with Crippen LogP contribution in [0.2, 0.25) is 0 Å². The third-order valence-corrected chi connectivity index (χ3v) is 13.3. The topological polar surface area (TPSA) is 35.1 Å². The first-order valence-electron chi connectivity index (χ1n) is 23.1. The average Bonchev–Trinajstić information content (AvgIpc) is 3.99. The molecule has 0 spiro atoms. The van der Waals surface area contributed by atoms with Crippen molar-refractivity contribution in [2.24, 2.45) is 0 Å². The van der Waals surface area contributed by atoms with Crippen molar-refractivity contribution in [1.82, 2.24) is 19.2 Å². The number of benzene rings is 9. The van der Waals surface area contributed by atoms with Gasteiger partial charge in [0, 0.05) is 49.7 Å². The van der Waals surface area contributed by atoms with Crippen LogP contribution in [0.5, 0.6) is 0 Å². The summed E-state index contributed by atoms with van der Waals surface area (Å²) in [6.07, 6.45) is 0. The SMILES string of the molecule is c1ccc(-c2cc(-c3cccc(-c4ccc5c(c4)cc(-c4ccccc4)n4nc(-c6ccccc6)c(-c6ccccc6)c54)c3)cc(-c3ccc(-n4c5ccccc5c5ccccc54)cc3)n2)cc1. The first-order valence-corrected chi connectivity index (χ1v) is 23.1. The van der Waals surface area contributed by atoms with E-state index in [9.17, 15) is 0 Å². The predicted octanol–water partition coefficient (Wildman–Crippen LogP) is 16.6. The molecule has 0 aliphatic rings. The van der Waals surface area contributed by atoms with Gasteiger partial charge in [-0.2, -0.15) is 5.10 Å². The molecule has 4 aromatic heterocycles. The zero-order valence-electron chi connectivity index (χ0n) is 37.0. The van der Waals surface area contributed by atoms with Crippen LogP contribution in [0.3, 0.4) is 0 Å². The van der Waals surface area contributed by atoms with Crippen LogP contribution < -0.4 is 0 Å². The fraction of sp³-hybridized carbons (Fsp3) is 0. The molecule has 13 rings (SSSR count). The Balaban J connectivity index is 0.940. The summed E-state index contributed by atoms with van der Waals surface area (Å²) >= 11 is 0. The molecular formula is C64H42N4. The number of hydrogen-bond acceptors (Lipinski definition) is 2. The van der Waals surface area contributed by atoms with E-state index >= 15 is 0 Å². The molecule has 0 aliphatic heterocycles. The lowest BCUT2D eigenvalue weighted by Gasteiger charge is -2.14. The van der Waals surface area contributed by atoms with Gasteiger partial charge in [0.15, 0.2) is 0 Å². The highest BCUT2D eigenvalue weighted by atomic mass is 15.2. The molecule has 4 heterocycles. The van der Waals surface area contributed by atoms with E-state index in [1.807, 2.05) is 0 Å². The molecule has 9 aromatic carbocycles. The van der Waals surface area contributed by atoms with Crippen molar-refractivity contribution < 1.29 is 0 Å². The molecule has 318 valence electrons. The molecule has 0 N–H and O–H groups in total. The second kappa shape index (κ2) is 16.4. The van der Waals surface area contributed by atoms with Crippen molar-refractivity contribution in [3.63, 3.8) is 0 Å². The molecule has 13 aromatic rings. The Bertz CT molecular complexity index is 3930. The van der Waals surface area contributed by atoms with Crippen LogP contribution in [0, 0.1) is 0 Å². The summed E-state index contributed by atoms with van der Waals surface area (Å²) < 4.78 is 4.52. The molecule has 0 saturated carbocycles. The predicted molar refractivity (Wildman–Crippen MR) is 283 cm³/mol. The van der Waals surface area contributed by atoms with E-state index in [1.54, 1.807) is 0 Å². The number of para-hydroxylation sites is 2. The zero-order valence-corrected chi connectivity index (χ0v) is 37.0. The van der Waals surface area contributed by atoms with Gasteiger partial charge in [0.05, 0.1) is 33.6 Å². The third kappa shape index (κ3) is 6.78. The summed E-state index contributed by atoms with van der Waals surface area (Å²) in [6, 6.07) is 91.1. The van der Waals surface area contributed by atoms with Crippen LogP contribution in [0.25, 0.3) is 122 Å². The van der Waals surface area contributed by atoms with E-state index < -0.39 is 0 Å². The van der Waals surface area contributed by atoms with Gasteiger partial charge in [0.2, 0.25) is 0 Å². The largest absolute Gasteiger partial charge is 0.309 e. The van der Waals surface area contributed by atoms with E-state index in [4.69, 9.17) is 10.1 Å². The van der Waals surface area contributed by atoms with Crippen LogP contribution >= 0.6 is 0 Å². The summed E-state index contributed by atoms with van der Waals surface area (Å²) in [5.41, 5.74) is 19.6. The van der Waals surface area contributed by atoms with Gasteiger partial charge in [-0.25, -0.2) is 9.50 Å². The van der Waals surface area contributed by atoms with Gasteiger partial charge in [-0.15, -0.1) is 0 Å². The van der Waals surface area contributed by atoms with Gasteiger partial charge in [0.25, 0.3) is 0 Å². The Kier molecular flexibility index (Phi) is 9.47. The van der Waals surface area contributed by atoms with Crippen molar-refractivity contribution in [3.8, 4) is 84.1 Å². The van der Waals surface area contributed by atoms with E-state index in [0.717, 1.165) is 100 Å². The number of aromatic nitrogens is 4. The van der Waals surface area contributed by atoms with Gasteiger partial charge in [-0.05, 0) is 87.8 Å². The van der Waals surface area contributed by atoms with Crippen LogP contribution in [0.15, 0.2) is 255 Å². The Morgan fingerprint density at radius 2 is 0.794 bits per heavy atom. The second-order valence-electron chi connectivity index (χ2n) is 17.4. The molecule has 0 fully saturated rings. The molecule has 68 heavy (non-hydrogen) atoms. The molecule has 4 nitrogen and oxygen atoms in total. The summed E-state index contributed by atoms with van der Waals surface area (Å²) in [7, 11) is 0. The lowest BCUT2D eigenvalue weighted by molar-refractivity contribution is 0.979. The van der Waals surface area contributed by atoms with Gasteiger partial charge in [-0.1, -0.05) is 200 Å². The summed E-state index contributed by atoms with van der Waals surface area (Å²) in [4.78, 5) is 5.30. The number of rotatable bonds is 8. The molecule has 0 saturated heterocycles. The van der Waals surface area contributed by atoms with Crippen LogP contribution in [-0.2, 0) is 0 Å². The summed E-state index contributed by atoms with van der Waals surface area (Å²) in [5, 5.41) is 10.2. The fourth-order valence-corrected chi connectivity index (χ4v) is 10.1. The standard InChI is InChI=1S/C64H42N4/c1-5-18-43(19-6-1)57-40-51(41-58(65-57)44-32-35-53(36-33-44)67-59-30-15-13-28-55(59)56-29-14-16-31-60(56)67)49-27-17-26-48(38-49)50-34-37-54-52(39-50)42-61(45-20-7-2-8-21-45)68-64(54)62(46-22-9-3-10-23-46)63(66-68)47-24-11-4-12-25-47/h1-42H. The highest BCUT2D eigenvalue weighted by Crippen LogP contribution is 2.42. The first-order chi connectivity index (χ1) is 33.7. The lowest BCUT2D eigenvalue weighted by Crippen LogP contribution is -1.96. The van der Waals surface area contributed by atoms with Gasteiger partial charge in [-0.3, -0.25) is 0 Å². The number of pyridine rings is 2. The Morgan fingerprint density at radius 1 is 0.309 bits per heavy atom.